The van der Waals surface area contributed by atoms with Crippen LogP contribution in [0.15, 0.2) is 42.5 Å². The van der Waals surface area contributed by atoms with Crippen molar-refractivity contribution in [1.82, 2.24) is 4.90 Å². The molecule has 2 heterocycles. The maximum Gasteiger partial charge on any atom is 0.246 e. The van der Waals surface area contributed by atoms with E-state index in [0.29, 0.717) is 23.5 Å². The third kappa shape index (κ3) is 4.46. The van der Waals surface area contributed by atoms with E-state index in [2.05, 4.69) is 50.0 Å². The number of nitrogens with zero attached hydrogens (tertiary/aromatic N) is 1. The first-order chi connectivity index (χ1) is 14.4. The van der Waals surface area contributed by atoms with Crippen LogP contribution in [-0.2, 0) is 4.79 Å². The molecule has 1 saturated heterocycles. The number of rotatable bonds is 5. The van der Waals surface area contributed by atoms with E-state index in [1.807, 2.05) is 30.3 Å². The van der Waals surface area contributed by atoms with Crippen molar-refractivity contribution in [3.63, 3.8) is 0 Å². The van der Waals surface area contributed by atoms with Crippen LogP contribution in [0, 0.1) is 11.8 Å². The lowest BCUT2D eigenvalue weighted by atomic mass is 9.89. The van der Waals surface area contributed by atoms with Gasteiger partial charge in [-0.05, 0) is 59.6 Å². The number of amides is 1. The Morgan fingerprint density at radius 3 is 2.27 bits per heavy atom. The molecule has 1 N–H and O–H groups in total. The summed E-state index contributed by atoms with van der Waals surface area (Å²) in [7, 11) is 0. The Morgan fingerprint density at radius 1 is 0.967 bits per heavy atom. The Bertz CT molecular complexity index is 884. The molecule has 160 valence electrons. The van der Waals surface area contributed by atoms with E-state index in [0.717, 1.165) is 30.1 Å². The molecule has 2 aromatic rings. The molecule has 0 radical (unpaired) electrons. The maximum absolute atomic E-state index is 13.5. The Labute approximate surface area is 179 Å². The monoisotopic (exact) mass is 408 g/mol. The molecule has 2 aromatic carbocycles. The molecule has 0 aliphatic carbocycles. The summed E-state index contributed by atoms with van der Waals surface area (Å²) in [4.78, 5) is 15.8. The van der Waals surface area contributed by atoms with Crippen molar-refractivity contribution in [3.05, 3.63) is 53.6 Å². The van der Waals surface area contributed by atoms with Crippen molar-refractivity contribution in [2.75, 3.05) is 25.2 Å². The summed E-state index contributed by atoms with van der Waals surface area (Å²) in [6.45, 7) is 10.9. The highest BCUT2D eigenvalue weighted by atomic mass is 16.7. The summed E-state index contributed by atoms with van der Waals surface area (Å²) in [6, 6.07) is 13.6. The van der Waals surface area contributed by atoms with Gasteiger partial charge in [0.15, 0.2) is 11.5 Å². The van der Waals surface area contributed by atoms with Crippen LogP contribution >= 0.6 is 0 Å². The summed E-state index contributed by atoms with van der Waals surface area (Å²) < 4.78 is 11.0. The second-order valence-electron chi connectivity index (χ2n) is 9.18. The number of carbonyl (C=O) groups is 1. The first kappa shape index (κ1) is 20.7. The molecule has 4 rings (SSSR count). The number of fused-ring (bicyclic) bond motifs is 1. The standard InChI is InChI=1S/C25H32N2O3/c1-16(2)19-5-8-21(9-6-19)26-25(28)24(27-13-17(3)11-18(4)14-27)20-7-10-22-23(12-20)30-15-29-22/h5-10,12,16-18,24H,11,13-15H2,1-4H3,(H,26,28)/t17-,18+,24-/m0/s1. The van der Waals surface area contributed by atoms with Gasteiger partial charge in [-0.15, -0.1) is 0 Å². The molecule has 1 fully saturated rings. The molecule has 0 aromatic heterocycles. The number of likely N-dealkylation sites (tertiary alicyclic amines) is 1. The van der Waals surface area contributed by atoms with Crippen LogP contribution in [0.3, 0.4) is 0 Å². The molecule has 0 saturated carbocycles. The molecule has 0 unspecified atom stereocenters. The molecule has 0 spiro atoms. The molecule has 5 heteroatoms. The van der Waals surface area contributed by atoms with Gasteiger partial charge in [0.1, 0.15) is 6.04 Å². The van der Waals surface area contributed by atoms with Gasteiger partial charge in [-0.3, -0.25) is 9.69 Å². The number of nitrogens with one attached hydrogen (secondary N) is 1. The molecule has 3 atom stereocenters. The van der Waals surface area contributed by atoms with Gasteiger partial charge in [-0.1, -0.05) is 45.9 Å². The van der Waals surface area contributed by atoms with Crippen molar-refractivity contribution in [2.24, 2.45) is 11.8 Å². The lowest BCUT2D eigenvalue weighted by molar-refractivity contribution is -0.122. The Balaban J connectivity index is 1.61. The van der Waals surface area contributed by atoms with Crippen LogP contribution in [0.25, 0.3) is 0 Å². The Morgan fingerprint density at radius 2 is 1.60 bits per heavy atom. The minimum Gasteiger partial charge on any atom is -0.454 e. The molecule has 2 aliphatic rings. The number of benzene rings is 2. The van der Waals surface area contributed by atoms with Gasteiger partial charge in [0.25, 0.3) is 0 Å². The lowest BCUT2D eigenvalue weighted by Crippen LogP contribution is -2.45. The van der Waals surface area contributed by atoms with E-state index in [1.165, 1.54) is 12.0 Å². The summed E-state index contributed by atoms with van der Waals surface area (Å²) in [6.07, 6.45) is 1.20. The predicted octanol–water partition coefficient (Wildman–Crippen LogP) is 5.20. The average Bonchev–Trinajstić information content (AvgIpc) is 3.16. The second kappa shape index (κ2) is 8.68. The zero-order valence-corrected chi connectivity index (χ0v) is 18.4. The number of ether oxygens (including phenoxy) is 2. The third-order valence-electron chi connectivity index (χ3n) is 6.07. The van der Waals surface area contributed by atoms with Crippen molar-refractivity contribution in [1.29, 1.82) is 0 Å². The summed E-state index contributed by atoms with van der Waals surface area (Å²) >= 11 is 0. The van der Waals surface area contributed by atoms with Crippen molar-refractivity contribution in [2.45, 2.75) is 46.1 Å². The van der Waals surface area contributed by atoms with E-state index in [4.69, 9.17) is 9.47 Å². The van der Waals surface area contributed by atoms with Crippen LogP contribution < -0.4 is 14.8 Å². The van der Waals surface area contributed by atoms with Crippen LogP contribution in [0.4, 0.5) is 5.69 Å². The van der Waals surface area contributed by atoms with E-state index in [1.54, 1.807) is 0 Å². The Kier molecular flexibility index (Phi) is 6.00. The van der Waals surface area contributed by atoms with E-state index in [-0.39, 0.29) is 18.7 Å². The summed E-state index contributed by atoms with van der Waals surface area (Å²) in [5.74, 6) is 3.03. The number of anilines is 1. The summed E-state index contributed by atoms with van der Waals surface area (Å²) in [5, 5.41) is 3.15. The van der Waals surface area contributed by atoms with E-state index in [9.17, 15) is 4.79 Å². The quantitative estimate of drug-likeness (QED) is 0.739. The first-order valence-electron chi connectivity index (χ1n) is 10.9. The SMILES string of the molecule is CC(C)c1ccc(NC(=O)[C@H](c2ccc3c(c2)OCO3)N2C[C@H](C)C[C@H](C)C2)cc1. The zero-order valence-electron chi connectivity index (χ0n) is 18.4. The van der Waals surface area contributed by atoms with Crippen molar-refractivity contribution in [3.8, 4) is 11.5 Å². The van der Waals surface area contributed by atoms with Crippen molar-refractivity contribution < 1.29 is 14.3 Å². The fourth-order valence-electron chi connectivity index (χ4n) is 4.70. The molecular formula is C25H32N2O3. The van der Waals surface area contributed by atoms with Gasteiger partial charge in [0.2, 0.25) is 12.7 Å². The van der Waals surface area contributed by atoms with Crippen LogP contribution in [0.2, 0.25) is 0 Å². The van der Waals surface area contributed by atoms with Crippen molar-refractivity contribution >= 4 is 11.6 Å². The first-order valence-corrected chi connectivity index (χ1v) is 10.9. The van der Waals surface area contributed by atoms with Crippen LogP contribution in [0.5, 0.6) is 11.5 Å². The van der Waals surface area contributed by atoms with E-state index >= 15 is 0 Å². The molecule has 1 amide bonds. The highest BCUT2D eigenvalue weighted by Crippen LogP contribution is 2.37. The number of hydrogen-bond donors (Lipinski definition) is 1. The van der Waals surface area contributed by atoms with Gasteiger partial charge in [-0.25, -0.2) is 0 Å². The average molecular weight is 409 g/mol. The molecule has 5 nitrogen and oxygen atoms in total. The molecule has 0 bridgehead atoms. The predicted molar refractivity (Wildman–Crippen MR) is 119 cm³/mol. The van der Waals surface area contributed by atoms with Gasteiger partial charge in [0.05, 0.1) is 0 Å². The normalized spacial score (nSPS) is 22.2. The highest BCUT2D eigenvalue weighted by Gasteiger charge is 2.34. The summed E-state index contributed by atoms with van der Waals surface area (Å²) in [5.41, 5.74) is 3.03. The third-order valence-corrected chi connectivity index (χ3v) is 6.07. The molecular weight excluding hydrogens is 376 g/mol. The Hall–Kier alpha value is -2.53. The number of piperidine rings is 1. The van der Waals surface area contributed by atoms with E-state index < -0.39 is 0 Å². The zero-order chi connectivity index (χ0) is 21.3. The minimum atomic E-state index is -0.366. The maximum atomic E-state index is 13.5. The number of hydrogen-bond acceptors (Lipinski definition) is 4. The molecule has 2 aliphatic heterocycles. The number of carbonyl (C=O) groups excluding carboxylic acids is 1. The minimum absolute atomic E-state index is 0.00698. The molecule has 30 heavy (non-hydrogen) atoms. The fourth-order valence-corrected chi connectivity index (χ4v) is 4.70. The van der Waals surface area contributed by atoms with Crippen LogP contribution in [-0.4, -0.2) is 30.7 Å². The van der Waals surface area contributed by atoms with Gasteiger partial charge < -0.3 is 14.8 Å². The highest BCUT2D eigenvalue weighted by molar-refractivity contribution is 5.95. The lowest BCUT2D eigenvalue weighted by Gasteiger charge is -2.39. The van der Waals surface area contributed by atoms with Crippen LogP contribution in [0.1, 0.15) is 57.2 Å². The van der Waals surface area contributed by atoms with Gasteiger partial charge >= 0.3 is 0 Å². The largest absolute Gasteiger partial charge is 0.454 e. The smallest absolute Gasteiger partial charge is 0.246 e. The fraction of sp³-hybridized carbons (Fsp3) is 0.480. The topological polar surface area (TPSA) is 50.8 Å². The van der Waals surface area contributed by atoms with Gasteiger partial charge in [-0.2, -0.15) is 0 Å². The van der Waals surface area contributed by atoms with Gasteiger partial charge in [0, 0.05) is 18.8 Å². The second-order valence-corrected chi connectivity index (χ2v) is 9.18.